The standard InChI is InChI=1S/C12H16ClNO3/c1-4-11(13)8(2)10-7-9(17-3)5-6-12(10)14(15)16/h5-8,11H,4H2,1-3H3. The molecule has 4 nitrogen and oxygen atoms in total. The Kier molecular flexibility index (Phi) is 4.75. The van der Waals surface area contributed by atoms with E-state index in [4.69, 9.17) is 16.3 Å². The van der Waals surface area contributed by atoms with Gasteiger partial charge >= 0.3 is 0 Å². The zero-order valence-corrected chi connectivity index (χ0v) is 10.9. The minimum atomic E-state index is -0.384. The fraction of sp³-hybridized carbons (Fsp3) is 0.500. The van der Waals surface area contributed by atoms with Crippen LogP contribution in [-0.2, 0) is 0 Å². The molecule has 0 amide bonds. The van der Waals surface area contributed by atoms with Gasteiger partial charge in [0, 0.05) is 22.9 Å². The summed E-state index contributed by atoms with van der Waals surface area (Å²) in [5.41, 5.74) is 0.716. The van der Waals surface area contributed by atoms with Crippen molar-refractivity contribution in [2.45, 2.75) is 31.6 Å². The molecule has 94 valence electrons. The Bertz CT molecular complexity index is 409. The van der Waals surface area contributed by atoms with Crippen LogP contribution in [0.1, 0.15) is 31.7 Å². The molecule has 0 aliphatic rings. The molecule has 2 unspecified atom stereocenters. The molecule has 0 N–H and O–H groups in total. The molecular weight excluding hydrogens is 242 g/mol. The Labute approximate surface area is 106 Å². The number of halogens is 1. The van der Waals surface area contributed by atoms with Crippen molar-refractivity contribution in [3.63, 3.8) is 0 Å². The monoisotopic (exact) mass is 257 g/mol. The van der Waals surface area contributed by atoms with E-state index in [2.05, 4.69) is 0 Å². The lowest BCUT2D eigenvalue weighted by Gasteiger charge is -2.17. The highest BCUT2D eigenvalue weighted by atomic mass is 35.5. The van der Waals surface area contributed by atoms with E-state index in [-0.39, 0.29) is 21.9 Å². The first-order valence-corrected chi connectivity index (χ1v) is 5.91. The van der Waals surface area contributed by atoms with Crippen LogP contribution >= 0.6 is 11.6 Å². The van der Waals surface area contributed by atoms with Gasteiger partial charge in [0.25, 0.3) is 5.69 Å². The molecule has 2 atom stereocenters. The summed E-state index contributed by atoms with van der Waals surface area (Å²) in [6.07, 6.45) is 0.761. The van der Waals surface area contributed by atoms with Gasteiger partial charge in [-0.2, -0.15) is 0 Å². The first kappa shape index (κ1) is 13.8. The number of benzene rings is 1. The fourth-order valence-corrected chi connectivity index (χ4v) is 1.87. The molecule has 0 fully saturated rings. The number of rotatable bonds is 5. The van der Waals surface area contributed by atoms with Crippen molar-refractivity contribution in [1.82, 2.24) is 0 Å². The summed E-state index contributed by atoms with van der Waals surface area (Å²) in [4.78, 5) is 10.6. The topological polar surface area (TPSA) is 52.4 Å². The quantitative estimate of drug-likeness (QED) is 0.459. The van der Waals surface area contributed by atoms with Crippen molar-refractivity contribution in [1.29, 1.82) is 0 Å². The zero-order valence-electron chi connectivity index (χ0n) is 10.1. The number of nitro benzene ring substituents is 1. The van der Waals surface area contributed by atoms with Gasteiger partial charge in [-0.3, -0.25) is 10.1 Å². The van der Waals surface area contributed by atoms with Gasteiger partial charge in [-0.25, -0.2) is 0 Å². The lowest BCUT2D eigenvalue weighted by atomic mass is 9.94. The predicted octanol–water partition coefficient (Wildman–Crippen LogP) is 3.72. The number of nitrogens with zero attached hydrogens (tertiary/aromatic N) is 1. The third-order valence-corrected chi connectivity index (χ3v) is 3.54. The normalized spacial score (nSPS) is 14.1. The van der Waals surface area contributed by atoms with Crippen molar-refractivity contribution in [3.05, 3.63) is 33.9 Å². The Morgan fingerprint density at radius 3 is 2.65 bits per heavy atom. The Balaban J connectivity index is 3.21. The molecule has 1 aromatic rings. The number of nitro groups is 1. The van der Waals surface area contributed by atoms with Crippen LogP contribution in [0.25, 0.3) is 0 Å². The minimum absolute atomic E-state index is 0.0860. The summed E-state index contributed by atoms with van der Waals surface area (Å²) >= 11 is 6.16. The maximum absolute atomic E-state index is 11.0. The van der Waals surface area contributed by atoms with Gasteiger partial charge in [-0.15, -0.1) is 11.6 Å². The van der Waals surface area contributed by atoms with Gasteiger partial charge < -0.3 is 4.74 Å². The number of hydrogen-bond donors (Lipinski definition) is 0. The van der Waals surface area contributed by atoms with E-state index < -0.39 is 0 Å². The third-order valence-electron chi connectivity index (χ3n) is 2.85. The largest absolute Gasteiger partial charge is 0.497 e. The average molecular weight is 258 g/mol. The van der Waals surface area contributed by atoms with Crippen LogP contribution in [0.5, 0.6) is 5.75 Å². The summed E-state index contributed by atoms with van der Waals surface area (Å²) in [6, 6.07) is 4.74. The fourth-order valence-electron chi connectivity index (χ4n) is 1.74. The average Bonchev–Trinajstić information content (AvgIpc) is 2.35. The van der Waals surface area contributed by atoms with E-state index in [1.807, 2.05) is 13.8 Å². The molecule has 0 heterocycles. The molecule has 17 heavy (non-hydrogen) atoms. The van der Waals surface area contributed by atoms with E-state index >= 15 is 0 Å². The van der Waals surface area contributed by atoms with Gasteiger partial charge in [0.15, 0.2) is 0 Å². The molecule has 0 aliphatic heterocycles. The molecule has 1 aromatic carbocycles. The number of ether oxygens (including phenoxy) is 1. The summed E-state index contributed by atoms with van der Waals surface area (Å²) < 4.78 is 5.09. The van der Waals surface area contributed by atoms with Crippen molar-refractivity contribution in [3.8, 4) is 5.75 Å². The van der Waals surface area contributed by atoms with E-state index in [0.29, 0.717) is 11.3 Å². The Morgan fingerprint density at radius 2 is 2.18 bits per heavy atom. The summed E-state index contributed by atoms with van der Waals surface area (Å²) in [5, 5.41) is 10.8. The van der Waals surface area contributed by atoms with Gasteiger partial charge in [-0.05, 0) is 18.6 Å². The third kappa shape index (κ3) is 3.09. The second kappa shape index (κ2) is 5.87. The highest BCUT2D eigenvalue weighted by Gasteiger charge is 2.24. The van der Waals surface area contributed by atoms with E-state index in [0.717, 1.165) is 6.42 Å². The first-order chi connectivity index (χ1) is 8.01. The van der Waals surface area contributed by atoms with Gasteiger partial charge in [-0.1, -0.05) is 13.8 Å². The van der Waals surface area contributed by atoms with Crippen molar-refractivity contribution >= 4 is 17.3 Å². The van der Waals surface area contributed by atoms with E-state index in [1.54, 1.807) is 12.1 Å². The van der Waals surface area contributed by atoms with Gasteiger partial charge in [0.2, 0.25) is 0 Å². The van der Waals surface area contributed by atoms with Crippen molar-refractivity contribution in [2.24, 2.45) is 0 Å². The van der Waals surface area contributed by atoms with E-state index in [9.17, 15) is 10.1 Å². The second-order valence-corrected chi connectivity index (χ2v) is 4.46. The molecule has 0 bridgehead atoms. The van der Waals surface area contributed by atoms with Crippen LogP contribution in [0.15, 0.2) is 18.2 Å². The molecular formula is C12H16ClNO3. The molecule has 5 heteroatoms. The van der Waals surface area contributed by atoms with Crippen LogP contribution in [0, 0.1) is 10.1 Å². The summed E-state index contributed by atoms with van der Waals surface area (Å²) in [7, 11) is 1.54. The molecule has 0 aromatic heterocycles. The minimum Gasteiger partial charge on any atom is -0.497 e. The molecule has 0 saturated heterocycles. The van der Waals surface area contributed by atoms with Crippen LogP contribution in [0.2, 0.25) is 0 Å². The van der Waals surface area contributed by atoms with Crippen molar-refractivity contribution in [2.75, 3.05) is 7.11 Å². The highest BCUT2D eigenvalue weighted by molar-refractivity contribution is 6.21. The van der Waals surface area contributed by atoms with Crippen LogP contribution in [0.4, 0.5) is 5.69 Å². The van der Waals surface area contributed by atoms with Gasteiger partial charge in [0.1, 0.15) is 5.75 Å². The van der Waals surface area contributed by atoms with Crippen molar-refractivity contribution < 1.29 is 9.66 Å². The SMILES string of the molecule is CCC(Cl)C(C)c1cc(OC)ccc1[N+](=O)[O-]. The summed E-state index contributed by atoms with van der Waals surface area (Å²) in [5.74, 6) is 0.523. The number of hydrogen-bond acceptors (Lipinski definition) is 3. The lowest BCUT2D eigenvalue weighted by molar-refractivity contribution is -0.385. The second-order valence-electron chi connectivity index (χ2n) is 3.89. The lowest BCUT2D eigenvalue weighted by Crippen LogP contribution is -2.10. The molecule has 0 radical (unpaired) electrons. The number of methoxy groups -OCH3 is 1. The zero-order chi connectivity index (χ0) is 13.0. The Hall–Kier alpha value is -1.29. The first-order valence-electron chi connectivity index (χ1n) is 5.47. The summed E-state index contributed by atoms with van der Waals surface area (Å²) in [6.45, 7) is 3.85. The smallest absolute Gasteiger partial charge is 0.273 e. The molecule has 0 spiro atoms. The highest BCUT2D eigenvalue weighted by Crippen LogP contribution is 2.34. The number of alkyl halides is 1. The van der Waals surface area contributed by atoms with Gasteiger partial charge in [0.05, 0.1) is 12.0 Å². The van der Waals surface area contributed by atoms with Crippen LogP contribution in [0.3, 0.4) is 0 Å². The molecule has 0 aliphatic carbocycles. The maximum atomic E-state index is 11.0. The maximum Gasteiger partial charge on any atom is 0.273 e. The predicted molar refractivity (Wildman–Crippen MR) is 68.0 cm³/mol. The Morgan fingerprint density at radius 1 is 1.53 bits per heavy atom. The van der Waals surface area contributed by atoms with Crippen LogP contribution < -0.4 is 4.74 Å². The van der Waals surface area contributed by atoms with E-state index in [1.165, 1.54) is 13.2 Å². The molecule has 0 saturated carbocycles. The van der Waals surface area contributed by atoms with Crippen LogP contribution in [-0.4, -0.2) is 17.4 Å². The molecule has 1 rings (SSSR count).